The lowest BCUT2D eigenvalue weighted by Gasteiger charge is -2.16. The second-order valence-corrected chi connectivity index (χ2v) is 7.88. The average molecular weight is 402 g/mol. The molecule has 1 saturated carbocycles. The third-order valence-electron chi connectivity index (χ3n) is 5.44. The lowest BCUT2D eigenvalue weighted by Crippen LogP contribution is -2.34. The van der Waals surface area contributed by atoms with E-state index in [4.69, 9.17) is 4.74 Å². The van der Waals surface area contributed by atoms with Crippen molar-refractivity contribution in [2.45, 2.75) is 51.5 Å². The molecule has 30 heavy (non-hydrogen) atoms. The number of rotatable bonds is 5. The zero-order valence-electron chi connectivity index (χ0n) is 17.3. The van der Waals surface area contributed by atoms with Crippen molar-refractivity contribution >= 4 is 5.91 Å². The number of nitrogens with one attached hydrogen (secondary N) is 1. The fourth-order valence-electron chi connectivity index (χ4n) is 3.81. The van der Waals surface area contributed by atoms with Crippen LogP contribution in [0.1, 0.15) is 54.4 Å². The van der Waals surface area contributed by atoms with Gasteiger partial charge in [-0.25, -0.2) is 4.98 Å². The summed E-state index contributed by atoms with van der Waals surface area (Å²) < 4.78 is 5.89. The molecule has 0 saturated heterocycles. The Balaban J connectivity index is 1.41. The molecule has 154 valence electrons. The zero-order chi connectivity index (χ0) is 20.8. The van der Waals surface area contributed by atoms with Gasteiger partial charge in [-0.3, -0.25) is 4.79 Å². The lowest BCUT2D eigenvalue weighted by molar-refractivity contribution is 0.0933. The predicted octanol–water partition coefficient (Wildman–Crippen LogP) is 5.70. The van der Waals surface area contributed by atoms with Crippen LogP contribution < -0.4 is 10.1 Å². The molecule has 0 radical (unpaired) electrons. The summed E-state index contributed by atoms with van der Waals surface area (Å²) in [6, 6.07) is 17.3. The second-order valence-electron chi connectivity index (χ2n) is 7.88. The van der Waals surface area contributed by atoms with E-state index in [2.05, 4.69) is 15.3 Å². The van der Waals surface area contributed by atoms with Crippen LogP contribution in [0.5, 0.6) is 11.6 Å². The van der Waals surface area contributed by atoms with E-state index in [1.54, 1.807) is 36.5 Å². The molecule has 5 heteroatoms. The monoisotopic (exact) mass is 401 g/mol. The van der Waals surface area contributed by atoms with Gasteiger partial charge in [0.15, 0.2) is 5.82 Å². The molecule has 4 rings (SSSR count). The van der Waals surface area contributed by atoms with Crippen molar-refractivity contribution in [2.75, 3.05) is 0 Å². The van der Waals surface area contributed by atoms with Gasteiger partial charge in [0.05, 0.1) is 0 Å². The number of nitrogens with zero attached hydrogens (tertiary/aromatic N) is 2. The standard InChI is InChI=1S/C25H27N3O2/c1-18-7-6-8-20(17-18)24-26-16-15-23(28-24)30-22-13-11-19(12-14-22)25(29)27-21-9-4-2-3-5-10-21/h6-8,11-17,21H,2-5,9-10H2,1H3,(H,27,29). The smallest absolute Gasteiger partial charge is 0.251 e. The number of carbonyl (C=O) groups excluding carboxylic acids is 1. The summed E-state index contributed by atoms with van der Waals surface area (Å²) >= 11 is 0. The highest BCUT2D eigenvalue weighted by Gasteiger charge is 2.16. The molecule has 2 aromatic carbocycles. The molecule has 0 unspecified atom stereocenters. The largest absolute Gasteiger partial charge is 0.439 e. The van der Waals surface area contributed by atoms with Crippen LogP contribution in [-0.2, 0) is 0 Å². The summed E-state index contributed by atoms with van der Waals surface area (Å²) in [6.45, 7) is 2.04. The Morgan fingerprint density at radius 3 is 2.50 bits per heavy atom. The normalized spacial score (nSPS) is 14.7. The van der Waals surface area contributed by atoms with Crippen LogP contribution in [0, 0.1) is 6.92 Å². The van der Waals surface area contributed by atoms with Crippen molar-refractivity contribution in [1.82, 2.24) is 15.3 Å². The van der Waals surface area contributed by atoms with Gasteiger partial charge >= 0.3 is 0 Å². The molecule has 1 amide bonds. The minimum Gasteiger partial charge on any atom is -0.439 e. The Labute approximate surface area is 177 Å². The van der Waals surface area contributed by atoms with Gasteiger partial charge < -0.3 is 10.1 Å². The number of aromatic nitrogens is 2. The first-order valence-corrected chi connectivity index (χ1v) is 10.7. The number of carbonyl (C=O) groups is 1. The van der Waals surface area contributed by atoms with E-state index in [1.165, 1.54) is 25.7 Å². The maximum absolute atomic E-state index is 12.6. The summed E-state index contributed by atoms with van der Waals surface area (Å²) in [7, 11) is 0. The van der Waals surface area contributed by atoms with Gasteiger partial charge in [-0.05, 0) is 50.1 Å². The number of ether oxygens (including phenoxy) is 1. The Hall–Kier alpha value is -3.21. The van der Waals surface area contributed by atoms with Crippen molar-refractivity contribution in [3.63, 3.8) is 0 Å². The van der Waals surface area contributed by atoms with E-state index in [0.29, 0.717) is 23.0 Å². The van der Waals surface area contributed by atoms with E-state index in [1.807, 2.05) is 31.2 Å². The lowest BCUT2D eigenvalue weighted by atomic mass is 10.1. The van der Waals surface area contributed by atoms with Crippen molar-refractivity contribution in [2.24, 2.45) is 0 Å². The molecule has 0 bridgehead atoms. The molecule has 1 aliphatic rings. The van der Waals surface area contributed by atoms with Gasteiger partial charge in [0.25, 0.3) is 5.91 Å². The molecule has 1 heterocycles. The predicted molar refractivity (Wildman–Crippen MR) is 118 cm³/mol. The molecular formula is C25H27N3O2. The van der Waals surface area contributed by atoms with Crippen molar-refractivity contribution in [3.8, 4) is 23.0 Å². The van der Waals surface area contributed by atoms with E-state index in [0.717, 1.165) is 24.0 Å². The first-order valence-electron chi connectivity index (χ1n) is 10.7. The molecule has 1 fully saturated rings. The van der Waals surface area contributed by atoms with Crippen molar-refractivity contribution < 1.29 is 9.53 Å². The molecule has 1 aliphatic carbocycles. The maximum Gasteiger partial charge on any atom is 0.251 e. The van der Waals surface area contributed by atoms with E-state index in [9.17, 15) is 4.79 Å². The SMILES string of the molecule is Cc1cccc(-c2nccc(Oc3ccc(C(=O)NC4CCCCCC4)cc3)n2)c1. The molecule has 0 aliphatic heterocycles. The van der Waals surface area contributed by atoms with Gasteiger partial charge in [-0.2, -0.15) is 4.98 Å². The molecule has 1 N–H and O–H groups in total. The highest BCUT2D eigenvalue weighted by atomic mass is 16.5. The Morgan fingerprint density at radius 1 is 1.00 bits per heavy atom. The molecule has 1 aromatic heterocycles. The van der Waals surface area contributed by atoms with Gasteiger partial charge in [0.1, 0.15) is 5.75 Å². The Bertz CT molecular complexity index is 993. The topological polar surface area (TPSA) is 64.1 Å². The fourth-order valence-corrected chi connectivity index (χ4v) is 3.81. The summed E-state index contributed by atoms with van der Waals surface area (Å²) in [6.07, 6.45) is 8.77. The number of aryl methyl sites for hydroxylation is 1. The third-order valence-corrected chi connectivity index (χ3v) is 5.44. The summed E-state index contributed by atoms with van der Waals surface area (Å²) in [5.41, 5.74) is 2.75. The summed E-state index contributed by atoms with van der Waals surface area (Å²) in [4.78, 5) is 21.4. The molecule has 5 nitrogen and oxygen atoms in total. The Morgan fingerprint density at radius 2 is 1.77 bits per heavy atom. The van der Waals surface area contributed by atoms with Crippen LogP contribution >= 0.6 is 0 Å². The van der Waals surface area contributed by atoms with Crippen LogP contribution in [0.4, 0.5) is 0 Å². The zero-order valence-corrected chi connectivity index (χ0v) is 17.3. The van der Waals surface area contributed by atoms with Crippen LogP contribution in [-0.4, -0.2) is 21.9 Å². The van der Waals surface area contributed by atoms with Crippen LogP contribution in [0.25, 0.3) is 11.4 Å². The molecule has 0 spiro atoms. The van der Waals surface area contributed by atoms with Gasteiger partial charge in [0, 0.05) is 29.4 Å². The molecule has 3 aromatic rings. The second kappa shape index (κ2) is 9.53. The van der Waals surface area contributed by atoms with Crippen LogP contribution in [0.2, 0.25) is 0 Å². The minimum atomic E-state index is -0.0165. The van der Waals surface area contributed by atoms with Crippen molar-refractivity contribution in [1.29, 1.82) is 0 Å². The first-order chi connectivity index (χ1) is 14.7. The van der Waals surface area contributed by atoms with E-state index >= 15 is 0 Å². The fraction of sp³-hybridized carbons (Fsp3) is 0.320. The van der Waals surface area contributed by atoms with Crippen LogP contribution in [0.3, 0.4) is 0 Å². The van der Waals surface area contributed by atoms with E-state index in [-0.39, 0.29) is 11.9 Å². The van der Waals surface area contributed by atoms with Gasteiger partial charge in [0.2, 0.25) is 5.88 Å². The average Bonchev–Trinajstić information content (AvgIpc) is 3.03. The van der Waals surface area contributed by atoms with E-state index < -0.39 is 0 Å². The molecular weight excluding hydrogens is 374 g/mol. The quantitative estimate of drug-likeness (QED) is 0.557. The van der Waals surface area contributed by atoms with Crippen LogP contribution in [0.15, 0.2) is 60.8 Å². The Kier molecular flexibility index (Phi) is 6.38. The number of benzene rings is 2. The third kappa shape index (κ3) is 5.23. The highest BCUT2D eigenvalue weighted by molar-refractivity contribution is 5.94. The minimum absolute atomic E-state index is 0.0165. The summed E-state index contributed by atoms with van der Waals surface area (Å²) in [5, 5.41) is 3.17. The first kappa shape index (κ1) is 20.1. The number of amides is 1. The van der Waals surface area contributed by atoms with Gasteiger partial charge in [-0.1, -0.05) is 49.4 Å². The van der Waals surface area contributed by atoms with Crippen molar-refractivity contribution in [3.05, 3.63) is 71.9 Å². The highest BCUT2D eigenvalue weighted by Crippen LogP contribution is 2.23. The summed E-state index contributed by atoms with van der Waals surface area (Å²) in [5.74, 6) is 1.71. The van der Waals surface area contributed by atoms with Gasteiger partial charge in [-0.15, -0.1) is 0 Å². The molecule has 0 atom stereocenters. The number of hydrogen-bond donors (Lipinski definition) is 1. The maximum atomic E-state index is 12.6. The number of hydrogen-bond acceptors (Lipinski definition) is 4.